The molecule has 0 rings (SSSR count). The third-order valence-electron chi connectivity index (χ3n) is 1.55. The minimum absolute atomic E-state index is 0.531. The van der Waals surface area contributed by atoms with Crippen LogP contribution in [0.25, 0.3) is 0 Å². The lowest BCUT2D eigenvalue weighted by molar-refractivity contribution is 0.875. The quantitative estimate of drug-likeness (QED) is 0.434. The Hall–Kier alpha value is -0.850. The molecule has 0 bridgehead atoms. The second kappa shape index (κ2) is 4.89. The molecule has 0 aromatic rings. The van der Waals surface area contributed by atoms with Gasteiger partial charge in [0.15, 0.2) is 0 Å². The maximum absolute atomic E-state index is 4.37. The lowest BCUT2D eigenvalue weighted by Gasteiger charge is -2.02. The summed E-state index contributed by atoms with van der Waals surface area (Å²) in [5, 5.41) is 0. The predicted octanol–water partition coefficient (Wildman–Crippen LogP) is 3.19. The summed E-state index contributed by atoms with van der Waals surface area (Å²) in [6.07, 6.45) is 3.66. The van der Waals surface area contributed by atoms with Crippen molar-refractivity contribution in [2.24, 2.45) is 10.9 Å². The van der Waals surface area contributed by atoms with Crippen molar-refractivity contribution in [2.45, 2.75) is 27.7 Å². The molecule has 0 aliphatic heterocycles. The zero-order valence-corrected chi connectivity index (χ0v) is 7.89. The van der Waals surface area contributed by atoms with Gasteiger partial charge in [0.2, 0.25) is 0 Å². The van der Waals surface area contributed by atoms with Crippen LogP contribution in [-0.2, 0) is 0 Å². The molecule has 0 aromatic heterocycles. The van der Waals surface area contributed by atoms with E-state index in [1.807, 2.05) is 19.9 Å². The summed E-state index contributed by atoms with van der Waals surface area (Å²) in [5.74, 6) is 0.531. The maximum Gasteiger partial charge on any atom is 0.0371 e. The average molecular weight is 151 g/mol. The Morgan fingerprint density at radius 3 is 2.27 bits per heavy atom. The molecule has 0 spiro atoms. The fourth-order valence-corrected chi connectivity index (χ4v) is 0.615. The minimum Gasteiger partial charge on any atom is -0.263 e. The number of hydrogen-bond donors (Lipinski definition) is 0. The average Bonchev–Trinajstić information content (AvgIpc) is 1.87. The molecule has 0 saturated heterocycles. The van der Waals surface area contributed by atoms with Gasteiger partial charge in [0, 0.05) is 11.4 Å². The molecule has 0 unspecified atom stereocenters. The van der Waals surface area contributed by atoms with E-state index in [9.17, 15) is 0 Å². The van der Waals surface area contributed by atoms with E-state index in [0.29, 0.717) is 5.92 Å². The Morgan fingerprint density at radius 1 is 1.36 bits per heavy atom. The van der Waals surface area contributed by atoms with Crippen molar-refractivity contribution in [1.29, 1.82) is 0 Å². The first kappa shape index (κ1) is 10.2. The largest absolute Gasteiger partial charge is 0.263 e. The van der Waals surface area contributed by atoms with E-state index in [1.54, 1.807) is 6.08 Å². The molecule has 11 heavy (non-hydrogen) atoms. The third kappa shape index (κ3) is 4.54. The molecule has 0 aromatic carbocycles. The zero-order valence-electron chi connectivity index (χ0n) is 7.89. The highest BCUT2D eigenvalue weighted by atomic mass is 14.7. The van der Waals surface area contributed by atoms with E-state index in [-0.39, 0.29) is 0 Å². The van der Waals surface area contributed by atoms with Gasteiger partial charge in [-0.1, -0.05) is 26.5 Å². The van der Waals surface area contributed by atoms with Crippen LogP contribution in [0.4, 0.5) is 0 Å². The van der Waals surface area contributed by atoms with Gasteiger partial charge in [-0.05, 0) is 25.8 Å². The predicted molar refractivity (Wildman–Crippen MR) is 51.9 cm³/mol. The van der Waals surface area contributed by atoms with Crippen molar-refractivity contribution >= 4 is 5.71 Å². The van der Waals surface area contributed by atoms with Crippen LogP contribution in [0.2, 0.25) is 0 Å². The van der Waals surface area contributed by atoms with Crippen LogP contribution in [0.15, 0.2) is 29.4 Å². The first-order valence-electron chi connectivity index (χ1n) is 3.92. The van der Waals surface area contributed by atoms with Crippen molar-refractivity contribution in [3.63, 3.8) is 0 Å². The highest BCUT2D eigenvalue weighted by Crippen LogP contribution is 2.02. The van der Waals surface area contributed by atoms with Gasteiger partial charge in [-0.25, -0.2) is 0 Å². The van der Waals surface area contributed by atoms with Gasteiger partial charge in [-0.15, -0.1) is 0 Å². The summed E-state index contributed by atoms with van der Waals surface area (Å²) in [6.45, 7) is 11.9. The fraction of sp³-hybridized carbons (Fsp3) is 0.500. The molecule has 62 valence electrons. The second-order valence-corrected chi connectivity index (χ2v) is 2.95. The SMILES string of the molecule is C=C/C=C(C)\N=C(/C)C(C)C. The van der Waals surface area contributed by atoms with E-state index >= 15 is 0 Å². The number of nitrogens with zero attached hydrogens (tertiary/aromatic N) is 1. The highest BCUT2D eigenvalue weighted by Gasteiger charge is 1.96. The van der Waals surface area contributed by atoms with E-state index in [2.05, 4.69) is 25.4 Å². The van der Waals surface area contributed by atoms with Crippen LogP contribution in [-0.4, -0.2) is 5.71 Å². The van der Waals surface area contributed by atoms with Crippen LogP contribution in [0, 0.1) is 5.92 Å². The van der Waals surface area contributed by atoms with Gasteiger partial charge in [0.25, 0.3) is 0 Å². The Bertz CT molecular complexity index is 185. The van der Waals surface area contributed by atoms with E-state index in [4.69, 9.17) is 0 Å². The summed E-state index contributed by atoms with van der Waals surface area (Å²) in [7, 11) is 0. The number of aliphatic imine (C=N–C) groups is 1. The molecule has 0 N–H and O–H groups in total. The molecule has 0 heterocycles. The van der Waals surface area contributed by atoms with Crippen molar-refractivity contribution < 1.29 is 0 Å². The smallest absolute Gasteiger partial charge is 0.0371 e. The van der Waals surface area contributed by atoms with Gasteiger partial charge >= 0.3 is 0 Å². The lowest BCUT2D eigenvalue weighted by Crippen LogP contribution is -2.01. The summed E-state index contributed by atoms with van der Waals surface area (Å²) in [5.41, 5.74) is 2.19. The molecule has 0 amide bonds. The summed E-state index contributed by atoms with van der Waals surface area (Å²) in [4.78, 5) is 4.37. The molecule has 0 atom stereocenters. The Morgan fingerprint density at radius 2 is 1.91 bits per heavy atom. The molecular formula is C10H17N. The van der Waals surface area contributed by atoms with Crippen LogP contribution in [0.1, 0.15) is 27.7 Å². The van der Waals surface area contributed by atoms with Gasteiger partial charge in [0.05, 0.1) is 0 Å². The minimum atomic E-state index is 0.531. The van der Waals surface area contributed by atoms with Crippen LogP contribution < -0.4 is 0 Å². The topological polar surface area (TPSA) is 12.4 Å². The molecule has 0 radical (unpaired) electrons. The van der Waals surface area contributed by atoms with E-state index in [1.165, 1.54) is 5.71 Å². The fourth-order valence-electron chi connectivity index (χ4n) is 0.615. The van der Waals surface area contributed by atoms with Gasteiger partial charge in [0.1, 0.15) is 0 Å². The van der Waals surface area contributed by atoms with Gasteiger partial charge < -0.3 is 0 Å². The van der Waals surface area contributed by atoms with E-state index < -0.39 is 0 Å². The summed E-state index contributed by atoms with van der Waals surface area (Å²) in [6, 6.07) is 0. The molecule has 0 aliphatic carbocycles. The second-order valence-electron chi connectivity index (χ2n) is 2.95. The van der Waals surface area contributed by atoms with E-state index in [0.717, 1.165) is 5.70 Å². The summed E-state index contributed by atoms with van der Waals surface area (Å²) < 4.78 is 0. The molecular weight excluding hydrogens is 134 g/mol. The van der Waals surface area contributed by atoms with Crippen LogP contribution in [0.5, 0.6) is 0 Å². The molecule has 1 nitrogen and oxygen atoms in total. The summed E-state index contributed by atoms with van der Waals surface area (Å²) >= 11 is 0. The number of rotatable bonds is 3. The number of allylic oxidation sites excluding steroid dienone is 3. The monoisotopic (exact) mass is 151 g/mol. The standard InChI is InChI=1S/C10H17N/c1-6-7-9(4)11-10(5)8(2)3/h6-8H,1H2,2-5H3/b9-7-,11-10+. The number of hydrogen-bond acceptors (Lipinski definition) is 1. The first-order chi connectivity index (χ1) is 5.07. The third-order valence-corrected chi connectivity index (χ3v) is 1.55. The Labute approximate surface area is 69.5 Å². The maximum atomic E-state index is 4.37. The van der Waals surface area contributed by atoms with Gasteiger partial charge in [-0.3, -0.25) is 4.99 Å². The normalized spacial score (nSPS) is 13.9. The van der Waals surface area contributed by atoms with Crippen molar-refractivity contribution in [3.05, 3.63) is 24.4 Å². The molecule has 0 aliphatic rings. The zero-order chi connectivity index (χ0) is 8.85. The Kier molecular flexibility index (Phi) is 4.51. The highest BCUT2D eigenvalue weighted by molar-refractivity contribution is 5.84. The van der Waals surface area contributed by atoms with Crippen molar-refractivity contribution in [2.75, 3.05) is 0 Å². The van der Waals surface area contributed by atoms with Crippen molar-refractivity contribution in [3.8, 4) is 0 Å². The molecule has 0 fully saturated rings. The van der Waals surface area contributed by atoms with Gasteiger partial charge in [-0.2, -0.15) is 0 Å². The van der Waals surface area contributed by atoms with Crippen LogP contribution in [0.3, 0.4) is 0 Å². The first-order valence-corrected chi connectivity index (χ1v) is 3.92. The van der Waals surface area contributed by atoms with Crippen molar-refractivity contribution in [1.82, 2.24) is 0 Å². The molecule has 0 saturated carbocycles. The Balaban J connectivity index is 4.30. The molecule has 1 heteroatoms. The van der Waals surface area contributed by atoms with Crippen LogP contribution >= 0.6 is 0 Å². The lowest BCUT2D eigenvalue weighted by atomic mass is 10.1.